The van der Waals surface area contributed by atoms with Gasteiger partial charge in [0.15, 0.2) is 0 Å². The second kappa shape index (κ2) is 8.16. The summed E-state index contributed by atoms with van der Waals surface area (Å²) in [5.41, 5.74) is 0.666. The Labute approximate surface area is 117 Å². The molecule has 0 spiro atoms. The monoisotopic (exact) mass is 266 g/mol. The van der Waals surface area contributed by atoms with Crippen LogP contribution in [0.1, 0.15) is 33.6 Å². The number of nitrogens with zero attached hydrogens (tertiary/aromatic N) is 1. The van der Waals surface area contributed by atoms with Gasteiger partial charge < -0.3 is 10.2 Å². The number of anilines is 1. The maximum atomic E-state index is 13.6. The standard InChI is InChI=1S/C16H27FN2/c1-13(2)9-10-14(3)18-11-12-19(4)16-8-6-5-7-15(16)17/h5-8,13-14,18H,9-12H2,1-4H3. The lowest BCUT2D eigenvalue weighted by Crippen LogP contribution is -2.34. The first kappa shape index (κ1) is 16.0. The van der Waals surface area contributed by atoms with Gasteiger partial charge in [-0.15, -0.1) is 0 Å². The molecule has 3 heteroatoms. The van der Waals surface area contributed by atoms with E-state index < -0.39 is 0 Å². The summed E-state index contributed by atoms with van der Waals surface area (Å²) in [6.45, 7) is 8.40. The second-order valence-corrected chi connectivity index (χ2v) is 5.70. The molecule has 0 heterocycles. The second-order valence-electron chi connectivity index (χ2n) is 5.70. The fourth-order valence-electron chi connectivity index (χ4n) is 2.05. The lowest BCUT2D eigenvalue weighted by molar-refractivity contribution is 0.454. The molecule has 1 aromatic rings. The summed E-state index contributed by atoms with van der Waals surface area (Å²) in [7, 11) is 1.93. The Bertz CT molecular complexity index is 366. The minimum absolute atomic E-state index is 0.155. The predicted molar refractivity (Wildman–Crippen MR) is 81.2 cm³/mol. The zero-order valence-electron chi connectivity index (χ0n) is 12.6. The van der Waals surface area contributed by atoms with Gasteiger partial charge in [0, 0.05) is 26.2 Å². The Kier molecular flexibility index (Phi) is 6.85. The quantitative estimate of drug-likeness (QED) is 0.772. The van der Waals surface area contributed by atoms with Crippen molar-refractivity contribution in [2.45, 2.75) is 39.7 Å². The van der Waals surface area contributed by atoms with Crippen molar-refractivity contribution in [1.82, 2.24) is 5.32 Å². The summed E-state index contributed by atoms with van der Waals surface area (Å²) < 4.78 is 13.6. The number of rotatable bonds is 8. The molecule has 0 saturated heterocycles. The molecule has 19 heavy (non-hydrogen) atoms. The van der Waals surface area contributed by atoms with Crippen molar-refractivity contribution in [2.24, 2.45) is 5.92 Å². The molecule has 1 atom stereocenters. The van der Waals surface area contributed by atoms with Crippen LogP contribution in [0.2, 0.25) is 0 Å². The number of para-hydroxylation sites is 1. The largest absolute Gasteiger partial charge is 0.371 e. The van der Waals surface area contributed by atoms with Crippen molar-refractivity contribution < 1.29 is 4.39 Å². The van der Waals surface area contributed by atoms with E-state index in [0.29, 0.717) is 11.7 Å². The molecule has 1 aromatic carbocycles. The fourth-order valence-corrected chi connectivity index (χ4v) is 2.05. The highest BCUT2D eigenvalue weighted by molar-refractivity contribution is 5.46. The van der Waals surface area contributed by atoms with Crippen LogP contribution in [0.4, 0.5) is 10.1 Å². The molecule has 1 N–H and O–H groups in total. The molecule has 0 radical (unpaired) electrons. The van der Waals surface area contributed by atoms with Crippen LogP contribution in [0.5, 0.6) is 0 Å². The molecule has 1 rings (SSSR count). The first-order valence-electron chi connectivity index (χ1n) is 7.19. The Hall–Kier alpha value is -1.09. The van der Waals surface area contributed by atoms with Crippen LogP contribution in [0.3, 0.4) is 0 Å². The Morgan fingerprint density at radius 1 is 1.16 bits per heavy atom. The minimum Gasteiger partial charge on any atom is -0.371 e. The molecular weight excluding hydrogens is 239 g/mol. The first-order chi connectivity index (χ1) is 9.00. The van der Waals surface area contributed by atoms with Crippen molar-refractivity contribution in [3.05, 3.63) is 30.1 Å². The highest BCUT2D eigenvalue weighted by atomic mass is 19.1. The third-order valence-corrected chi connectivity index (χ3v) is 3.38. The summed E-state index contributed by atoms with van der Waals surface area (Å²) in [4.78, 5) is 1.96. The molecule has 0 aliphatic carbocycles. The zero-order valence-corrected chi connectivity index (χ0v) is 12.6. The lowest BCUT2D eigenvalue weighted by Gasteiger charge is -2.22. The minimum atomic E-state index is -0.155. The van der Waals surface area contributed by atoms with Gasteiger partial charge in [-0.3, -0.25) is 0 Å². The molecule has 1 unspecified atom stereocenters. The van der Waals surface area contributed by atoms with Crippen molar-refractivity contribution in [3.8, 4) is 0 Å². The fraction of sp³-hybridized carbons (Fsp3) is 0.625. The van der Waals surface area contributed by atoms with Crippen molar-refractivity contribution in [3.63, 3.8) is 0 Å². The smallest absolute Gasteiger partial charge is 0.146 e. The van der Waals surface area contributed by atoms with E-state index in [1.165, 1.54) is 18.9 Å². The lowest BCUT2D eigenvalue weighted by atomic mass is 10.0. The topological polar surface area (TPSA) is 15.3 Å². The van der Waals surface area contributed by atoms with Gasteiger partial charge in [0.05, 0.1) is 5.69 Å². The number of nitrogens with one attached hydrogen (secondary N) is 1. The van der Waals surface area contributed by atoms with Gasteiger partial charge in [-0.05, 0) is 37.8 Å². The molecule has 0 saturated carbocycles. The van der Waals surface area contributed by atoms with Gasteiger partial charge in [-0.1, -0.05) is 26.0 Å². The first-order valence-corrected chi connectivity index (χ1v) is 7.19. The van der Waals surface area contributed by atoms with Crippen LogP contribution < -0.4 is 10.2 Å². The third-order valence-electron chi connectivity index (χ3n) is 3.38. The number of halogens is 1. The molecule has 0 aliphatic heterocycles. The van der Waals surface area contributed by atoms with Crippen molar-refractivity contribution in [1.29, 1.82) is 0 Å². The maximum absolute atomic E-state index is 13.6. The van der Waals surface area contributed by atoms with E-state index in [-0.39, 0.29) is 5.82 Å². The van der Waals surface area contributed by atoms with Crippen molar-refractivity contribution in [2.75, 3.05) is 25.0 Å². The zero-order chi connectivity index (χ0) is 14.3. The summed E-state index contributed by atoms with van der Waals surface area (Å²) >= 11 is 0. The third kappa shape index (κ3) is 6.06. The SMILES string of the molecule is CC(C)CCC(C)NCCN(C)c1ccccc1F. The van der Waals surface area contributed by atoms with E-state index >= 15 is 0 Å². The Morgan fingerprint density at radius 3 is 2.47 bits per heavy atom. The number of hydrogen-bond acceptors (Lipinski definition) is 2. The van der Waals surface area contributed by atoms with Crippen molar-refractivity contribution >= 4 is 5.69 Å². The van der Waals surface area contributed by atoms with E-state index in [1.807, 2.05) is 24.1 Å². The molecule has 2 nitrogen and oxygen atoms in total. The average molecular weight is 266 g/mol. The van der Waals surface area contributed by atoms with E-state index in [1.54, 1.807) is 6.07 Å². The summed E-state index contributed by atoms with van der Waals surface area (Å²) in [6, 6.07) is 7.44. The molecule has 0 aromatic heterocycles. The van der Waals surface area contributed by atoms with Crippen LogP contribution in [0.25, 0.3) is 0 Å². The maximum Gasteiger partial charge on any atom is 0.146 e. The van der Waals surface area contributed by atoms with Crippen LogP contribution in [-0.4, -0.2) is 26.2 Å². The molecule has 0 fully saturated rings. The summed E-state index contributed by atoms with van der Waals surface area (Å²) in [5, 5.41) is 3.49. The van der Waals surface area contributed by atoms with Gasteiger partial charge in [0.2, 0.25) is 0 Å². The van der Waals surface area contributed by atoms with Gasteiger partial charge in [-0.2, -0.15) is 0 Å². The van der Waals surface area contributed by atoms with Crippen LogP contribution >= 0.6 is 0 Å². The molecular formula is C16H27FN2. The summed E-state index contributed by atoms with van der Waals surface area (Å²) in [6.07, 6.45) is 2.44. The Morgan fingerprint density at radius 2 is 1.84 bits per heavy atom. The van der Waals surface area contributed by atoms with Gasteiger partial charge in [0.1, 0.15) is 5.82 Å². The molecule has 0 amide bonds. The number of hydrogen-bond donors (Lipinski definition) is 1. The van der Waals surface area contributed by atoms with E-state index in [4.69, 9.17) is 0 Å². The normalized spacial score (nSPS) is 12.7. The highest BCUT2D eigenvalue weighted by Gasteiger charge is 2.07. The molecule has 0 aliphatic rings. The highest BCUT2D eigenvalue weighted by Crippen LogP contribution is 2.16. The van der Waals surface area contributed by atoms with Gasteiger partial charge >= 0.3 is 0 Å². The van der Waals surface area contributed by atoms with E-state index in [2.05, 4.69) is 26.1 Å². The number of benzene rings is 1. The number of likely N-dealkylation sites (N-methyl/N-ethyl adjacent to an activating group) is 1. The summed E-state index contributed by atoms with van der Waals surface area (Å²) in [5.74, 6) is 0.600. The van der Waals surface area contributed by atoms with E-state index in [0.717, 1.165) is 19.0 Å². The van der Waals surface area contributed by atoms with Crippen LogP contribution in [0.15, 0.2) is 24.3 Å². The van der Waals surface area contributed by atoms with Gasteiger partial charge in [0.25, 0.3) is 0 Å². The van der Waals surface area contributed by atoms with E-state index in [9.17, 15) is 4.39 Å². The predicted octanol–water partition coefficient (Wildman–Crippen LogP) is 3.68. The van der Waals surface area contributed by atoms with Crippen LogP contribution in [-0.2, 0) is 0 Å². The molecule has 108 valence electrons. The Balaban J connectivity index is 2.27. The average Bonchev–Trinajstić information content (AvgIpc) is 2.36. The van der Waals surface area contributed by atoms with Crippen LogP contribution in [0, 0.1) is 11.7 Å². The van der Waals surface area contributed by atoms with Gasteiger partial charge in [-0.25, -0.2) is 4.39 Å². The molecule has 0 bridgehead atoms.